The van der Waals surface area contributed by atoms with Gasteiger partial charge in [0.2, 0.25) is 0 Å². The van der Waals surface area contributed by atoms with Crippen LogP contribution in [0.2, 0.25) is 0 Å². The summed E-state index contributed by atoms with van der Waals surface area (Å²) in [6.07, 6.45) is 2.54. The molecule has 1 aliphatic heterocycles. The van der Waals surface area contributed by atoms with Crippen LogP contribution >= 0.6 is 0 Å². The molecule has 3 N–H and O–H groups in total. The highest BCUT2D eigenvalue weighted by Gasteiger charge is 2.40. The van der Waals surface area contributed by atoms with E-state index < -0.39 is 5.60 Å². The van der Waals surface area contributed by atoms with Gasteiger partial charge in [-0.05, 0) is 74.9 Å². The van der Waals surface area contributed by atoms with Crippen LogP contribution in [-0.4, -0.2) is 25.5 Å². The molecule has 158 valence electrons. The van der Waals surface area contributed by atoms with E-state index in [1.165, 1.54) is 12.1 Å². The average molecular weight is 410 g/mol. The molecule has 2 aromatic carbocycles. The maximum absolute atomic E-state index is 10.4. The Hall–Kier alpha value is -3.22. The second-order valence-corrected chi connectivity index (χ2v) is 8.20. The number of benzene rings is 2. The minimum atomic E-state index is -0.740. The van der Waals surface area contributed by atoms with Crippen LogP contribution in [0, 0.1) is 20.8 Å². The van der Waals surface area contributed by atoms with Gasteiger partial charge in [0.1, 0.15) is 11.5 Å². The molecule has 7 heteroatoms. The summed E-state index contributed by atoms with van der Waals surface area (Å²) in [6, 6.07) is 4.74. The molecule has 1 unspecified atom stereocenters. The van der Waals surface area contributed by atoms with Gasteiger partial charge in [-0.3, -0.25) is 0 Å². The summed E-state index contributed by atoms with van der Waals surface area (Å²) < 4.78 is 11.9. The van der Waals surface area contributed by atoms with E-state index in [9.17, 15) is 15.3 Å². The van der Waals surface area contributed by atoms with Crippen LogP contribution in [-0.2, 0) is 24.9 Å². The molecule has 0 radical (unpaired) electrons. The van der Waals surface area contributed by atoms with E-state index in [0.717, 1.165) is 40.0 Å². The highest BCUT2D eigenvalue weighted by molar-refractivity contribution is 5.58. The largest absolute Gasteiger partial charge is 0.507 e. The van der Waals surface area contributed by atoms with Gasteiger partial charge in [-0.15, -0.1) is 0 Å². The zero-order valence-corrected chi connectivity index (χ0v) is 17.6. The third-order valence-electron chi connectivity index (χ3n) is 6.12. The number of phenolic OH excluding ortho intramolecular Hbond substituents is 3. The minimum absolute atomic E-state index is 0.141. The Morgan fingerprint density at radius 3 is 2.50 bits per heavy atom. The van der Waals surface area contributed by atoms with E-state index in [4.69, 9.17) is 9.26 Å². The van der Waals surface area contributed by atoms with Crippen LogP contribution < -0.4 is 4.74 Å². The average Bonchev–Trinajstić information content (AvgIpc) is 3.21. The van der Waals surface area contributed by atoms with Crippen molar-refractivity contribution in [1.82, 2.24) is 10.1 Å². The molecule has 0 saturated heterocycles. The van der Waals surface area contributed by atoms with Crippen molar-refractivity contribution in [2.24, 2.45) is 0 Å². The Bertz CT molecular complexity index is 1120. The molecule has 0 saturated carbocycles. The summed E-state index contributed by atoms with van der Waals surface area (Å²) in [6.45, 7) is 7.70. The van der Waals surface area contributed by atoms with E-state index in [0.29, 0.717) is 36.7 Å². The molecule has 0 amide bonds. The fourth-order valence-corrected chi connectivity index (χ4v) is 3.95. The van der Waals surface area contributed by atoms with Crippen LogP contribution in [0.1, 0.15) is 52.9 Å². The zero-order chi connectivity index (χ0) is 21.6. The van der Waals surface area contributed by atoms with Gasteiger partial charge in [0.15, 0.2) is 22.9 Å². The standard InChI is InChI=1S/C23H26N2O5/c1-12-13(2)21-16(14(3)20(12)28)9-10-23(4,29-21)22-24-19(25-30-22)8-6-15-5-7-17(26)18(27)11-15/h5,7,11,26-28H,6,8-10H2,1-4H3. The lowest BCUT2D eigenvalue weighted by molar-refractivity contribution is 0.0280. The molecule has 1 aliphatic rings. The summed E-state index contributed by atoms with van der Waals surface area (Å²) in [5, 5.41) is 33.5. The fraction of sp³-hybridized carbons (Fsp3) is 0.391. The molecule has 30 heavy (non-hydrogen) atoms. The Morgan fingerprint density at radius 2 is 1.77 bits per heavy atom. The highest BCUT2D eigenvalue weighted by atomic mass is 16.5. The number of ether oxygens (including phenoxy) is 1. The first kappa shape index (κ1) is 20.1. The predicted molar refractivity (Wildman–Crippen MR) is 110 cm³/mol. The molecule has 3 aromatic rings. The van der Waals surface area contributed by atoms with Gasteiger partial charge in [0.25, 0.3) is 5.89 Å². The van der Waals surface area contributed by atoms with Gasteiger partial charge in [0.05, 0.1) is 0 Å². The van der Waals surface area contributed by atoms with Gasteiger partial charge in [0, 0.05) is 18.4 Å². The number of nitrogens with zero attached hydrogens (tertiary/aromatic N) is 2. The first-order valence-electron chi connectivity index (χ1n) is 10.0. The summed E-state index contributed by atoms with van der Waals surface area (Å²) >= 11 is 0. The number of hydrogen-bond donors (Lipinski definition) is 3. The monoisotopic (exact) mass is 410 g/mol. The summed E-state index contributed by atoms with van der Waals surface area (Å²) in [5.41, 5.74) is 3.76. The molecule has 1 atom stereocenters. The van der Waals surface area contributed by atoms with E-state index >= 15 is 0 Å². The molecule has 0 fully saturated rings. The summed E-state index contributed by atoms with van der Waals surface area (Å²) in [7, 11) is 0. The molecule has 7 nitrogen and oxygen atoms in total. The lowest BCUT2D eigenvalue weighted by Gasteiger charge is -2.35. The third kappa shape index (κ3) is 3.34. The van der Waals surface area contributed by atoms with Crippen LogP contribution in [0.5, 0.6) is 23.0 Å². The maximum atomic E-state index is 10.4. The topological polar surface area (TPSA) is 109 Å². The van der Waals surface area contributed by atoms with Crippen molar-refractivity contribution in [2.45, 2.75) is 59.0 Å². The van der Waals surface area contributed by atoms with Gasteiger partial charge in [-0.2, -0.15) is 4.98 Å². The molecule has 0 bridgehead atoms. The lowest BCUT2D eigenvalue weighted by Crippen LogP contribution is -2.35. The Labute approximate surface area is 175 Å². The zero-order valence-electron chi connectivity index (χ0n) is 17.6. The SMILES string of the molecule is Cc1c(C)c2c(c(C)c1O)CCC(C)(c1nc(CCc3ccc(O)c(O)c3)no1)O2. The van der Waals surface area contributed by atoms with Crippen molar-refractivity contribution >= 4 is 0 Å². The number of rotatable bonds is 4. The third-order valence-corrected chi connectivity index (χ3v) is 6.12. The number of hydrogen-bond acceptors (Lipinski definition) is 7. The van der Waals surface area contributed by atoms with E-state index in [1.807, 2.05) is 27.7 Å². The van der Waals surface area contributed by atoms with Crippen molar-refractivity contribution in [3.05, 3.63) is 57.7 Å². The molecular formula is C23H26N2O5. The van der Waals surface area contributed by atoms with Crippen LogP contribution in [0.4, 0.5) is 0 Å². The summed E-state index contributed by atoms with van der Waals surface area (Å²) in [4.78, 5) is 4.56. The first-order valence-corrected chi connectivity index (χ1v) is 10.0. The van der Waals surface area contributed by atoms with Crippen LogP contribution in [0.15, 0.2) is 22.7 Å². The minimum Gasteiger partial charge on any atom is -0.507 e. The Balaban J connectivity index is 1.54. The predicted octanol–water partition coefficient (Wildman–Crippen LogP) is 4.14. The van der Waals surface area contributed by atoms with Crippen LogP contribution in [0.25, 0.3) is 0 Å². The Kier molecular flexibility index (Phi) is 4.84. The Morgan fingerprint density at radius 1 is 1.00 bits per heavy atom. The van der Waals surface area contributed by atoms with Crippen molar-refractivity contribution in [3.63, 3.8) is 0 Å². The normalized spacial score (nSPS) is 18.1. The maximum Gasteiger partial charge on any atom is 0.270 e. The highest BCUT2D eigenvalue weighted by Crippen LogP contribution is 2.45. The van der Waals surface area contributed by atoms with Gasteiger partial charge in [-0.25, -0.2) is 0 Å². The van der Waals surface area contributed by atoms with E-state index in [2.05, 4.69) is 10.1 Å². The van der Waals surface area contributed by atoms with Gasteiger partial charge >= 0.3 is 0 Å². The molecule has 0 aliphatic carbocycles. The smallest absolute Gasteiger partial charge is 0.270 e. The lowest BCUT2D eigenvalue weighted by atomic mass is 9.87. The van der Waals surface area contributed by atoms with E-state index in [-0.39, 0.29) is 11.5 Å². The summed E-state index contributed by atoms with van der Waals surface area (Å²) in [5.74, 6) is 1.82. The van der Waals surface area contributed by atoms with Crippen molar-refractivity contribution in [3.8, 4) is 23.0 Å². The quantitative estimate of drug-likeness (QED) is 0.555. The molecule has 2 heterocycles. The molecule has 1 aromatic heterocycles. The number of aryl methyl sites for hydroxylation is 2. The van der Waals surface area contributed by atoms with Crippen LogP contribution in [0.3, 0.4) is 0 Å². The molecular weight excluding hydrogens is 384 g/mol. The second kappa shape index (κ2) is 7.23. The molecule has 4 rings (SSSR count). The fourth-order valence-electron chi connectivity index (χ4n) is 3.95. The second-order valence-electron chi connectivity index (χ2n) is 8.20. The van der Waals surface area contributed by atoms with E-state index in [1.54, 1.807) is 6.07 Å². The van der Waals surface area contributed by atoms with Gasteiger partial charge < -0.3 is 24.6 Å². The number of aromatic nitrogens is 2. The van der Waals surface area contributed by atoms with Crippen molar-refractivity contribution in [2.75, 3.05) is 0 Å². The number of fused-ring (bicyclic) bond motifs is 1. The van der Waals surface area contributed by atoms with Gasteiger partial charge in [-0.1, -0.05) is 11.2 Å². The number of phenols is 3. The van der Waals surface area contributed by atoms with Crippen molar-refractivity contribution < 1.29 is 24.6 Å². The number of aromatic hydroxyl groups is 3. The first-order chi connectivity index (χ1) is 14.2. The molecule has 0 spiro atoms. The van der Waals surface area contributed by atoms with Crippen molar-refractivity contribution in [1.29, 1.82) is 0 Å².